The lowest BCUT2D eigenvalue weighted by Crippen LogP contribution is -2.25. The fourth-order valence-electron chi connectivity index (χ4n) is 3.63. The molecule has 28 heavy (non-hydrogen) atoms. The highest BCUT2D eigenvalue weighted by atomic mass is 16.5. The zero-order valence-corrected chi connectivity index (χ0v) is 15.0. The van der Waals surface area contributed by atoms with Crippen LogP contribution in [0.5, 0.6) is 11.5 Å². The number of carboxylic acid groups (broad SMARTS) is 1. The van der Waals surface area contributed by atoms with E-state index in [2.05, 4.69) is 5.32 Å². The van der Waals surface area contributed by atoms with Crippen molar-refractivity contribution in [3.8, 4) is 17.2 Å². The Labute approximate surface area is 160 Å². The van der Waals surface area contributed by atoms with Gasteiger partial charge in [0.05, 0.1) is 18.5 Å². The summed E-state index contributed by atoms with van der Waals surface area (Å²) in [5, 5.41) is 22.5. The predicted octanol–water partition coefficient (Wildman–Crippen LogP) is 3.36. The Balaban J connectivity index is 1.94. The maximum atomic E-state index is 12.3. The molecule has 1 unspecified atom stereocenters. The van der Waals surface area contributed by atoms with E-state index < -0.39 is 11.9 Å². The van der Waals surface area contributed by atoms with Crippen LogP contribution in [0.1, 0.15) is 34.0 Å². The number of phenols is 1. The number of rotatable bonds is 4. The Morgan fingerprint density at radius 2 is 1.96 bits per heavy atom. The van der Waals surface area contributed by atoms with Crippen LogP contribution in [0.4, 0.5) is 5.69 Å². The number of carboxylic acids is 1. The molecule has 1 aromatic heterocycles. The van der Waals surface area contributed by atoms with Gasteiger partial charge < -0.3 is 24.8 Å². The van der Waals surface area contributed by atoms with Gasteiger partial charge in [0.15, 0.2) is 11.5 Å². The molecular formula is C21H18N2O5. The minimum atomic E-state index is -1.12. The number of carbonyl (C=O) groups is 2. The van der Waals surface area contributed by atoms with E-state index in [1.807, 2.05) is 30.3 Å². The van der Waals surface area contributed by atoms with E-state index in [0.29, 0.717) is 17.0 Å². The van der Waals surface area contributed by atoms with Gasteiger partial charge in [0, 0.05) is 24.2 Å². The van der Waals surface area contributed by atoms with Crippen molar-refractivity contribution in [2.75, 3.05) is 12.4 Å². The van der Waals surface area contributed by atoms with Crippen LogP contribution in [-0.4, -0.2) is 33.8 Å². The van der Waals surface area contributed by atoms with Gasteiger partial charge in [0.2, 0.25) is 5.91 Å². The first-order valence-corrected chi connectivity index (χ1v) is 8.70. The summed E-state index contributed by atoms with van der Waals surface area (Å²) >= 11 is 0. The molecule has 3 N–H and O–H groups in total. The number of phenolic OH excluding ortho intramolecular Hbond substituents is 1. The van der Waals surface area contributed by atoms with Gasteiger partial charge in [-0.1, -0.05) is 24.3 Å². The standard InChI is InChI=1S/C21H18N2O5/c1-28-17-8-7-12(9-16(17)24)14-10-18(25)22-19-15(21(26)27)11-23(20(14)19)13-5-3-2-4-6-13/h2-9,11,14,24H,10H2,1H3,(H,22,25)(H,26,27). The van der Waals surface area contributed by atoms with Crippen LogP contribution in [0.25, 0.3) is 5.69 Å². The van der Waals surface area contributed by atoms with Crippen LogP contribution in [-0.2, 0) is 4.79 Å². The molecule has 0 bridgehead atoms. The zero-order valence-electron chi connectivity index (χ0n) is 15.0. The third kappa shape index (κ3) is 2.87. The highest BCUT2D eigenvalue weighted by Crippen LogP contribution is 2.43. The molecular weight excluding hydrogens is 360 g/mol. The van der Waals surface area contributed by atoms with Gasteiger partial charge in [-0.05, 0) is 29.8 Å². The van der Waals surface area contributed by atoms with E-state index in [4.69, 9.17) is 4.74 Å². The summed E-state index contributed by atoms with van der Waals surface area (Å²) in [5.74, 6) is -1.53. The highest BCUT2D eigenvalue weighted by molar-refractivity contribution is 6.04. The quantitative estimate of drug-likeness (QED) is 0.646. The van der Waals surface area contributed by atoms with E-state index in [0.717, 1.165) is 5.69 Å². The second-order valence-corrected chi connectivity index (χ2v) is 6.55. The molecule has 1 atom stereocenters. The number of hydrogen-bond donors (Lipinski definition) is 3. The van der Waals surface area contributed by atoms with Gasteiger partial charge in [-0.25, -0.2) is 4.79 Å². The molecule has 0 saturated carbocycles. The second-order valence-electron chi connectivity index (χ2n) is 6.55. The summed E-state index contributed by atoms with van der Waals surface area (Å²) < 4.78 is 6.88. The Morgan fingerprint density at radius 3 is 2.61 bits per heavy atom. The van der Waals surface area contributed by atoms with Crippen molar-refractivity contribution >= 4 is 17.6 Å². The molecule has 4 rings (SSSR count). The number of nitrogens with one attached hydrogen (secondary N) is 1. The number of benzene rings is 2. The number of para-hydroxylation sites is 1. The topological polar surface area (TPSA) is 101 Å². The lowest BCUT2D eigenvalue weighted by Gasteiger charge is -2.26. The van der Waals surface area contributed by atoms with Gasteiger partial charge in [-0.3, -0.25) is 4.79 Å². The summed E-state index contributed by atoms with van der Waals surface area (Å²) in [4.78, 5) is 24.1. The number of carbonyl (C=O) groups excluding carboxylic acids is 1. The van der Waals surface area contributed by atoms with Gasteiger partial charge >= 0.3 is 5.97 Å². The number of ether oxygens (including phenoxy) is 1. The third-order valence-corrected chi connectivity index (χ3v) is 4.90. The van der Waals surface area contributed by atoms with Crippen LogP contribution in [0.15, 0.2) is 54.7 Å². The molecule has 0 spiro atoms. The number of aromatic carboxylic acids is 1. The third-order valence-electron chi connectivity index (χ3n) is 4.90. The number of amides is 1. The smallest absolute Gasteiger partial charge is 0.339 e. The lowest BCUT2D eigenvalue weighted by atomic mass is 9.88. The van der Waals surface area contributed by atoms with Crippen molar-refractivity contribution < 1.29 is 24.5 Å². The first-order valence-electron chi connectivity index (χ1n) is 8.70. The van der Waals surface area contributed by atoms with E-state index in [1.165, 1.54) is 13.3 Å². The molecule has 3 aromatic rings. The van der Waals surface area contributed by atoms with Crippen molar-refractivity contribution in [1.29, 1.82) is 0 Å². The molecule has 142 valence electrons. The van der Waals surface area contributed by atoms with Crippen molar-refractivity contribution in [3.05, 3.63) is 71.5 Å². The molecule has 0 radical (unpaired) electrons. The van der Waals surface area contributed by atoms with E-state index >= 15 is 0 Å². The van der Waals surface area contributed by atoms with Gasteiger partial charge in [-0.2, -0.15) is 0 Å². The number of hydrogen-bond acceptors (Lipinski definition) is 4. The van der Waals surface area contributed by atoms with Crippen molar-refractivity contribution in [3.63, 3.8) is 0 Å². The van der Waals surface area contributed by atoms with E-state index in [1.54, 1.807) is 22.8 Å². The van der Waals surface area contributed by atoms with Crippen LogP contribution in [0.2, 0.25) is 0 Å². The molecule has 1 aliphatic rings. The number of fused-ring (bicyclic) bond motifs is 1. The average Bonchev–Trinajstić information content (AvgIpc) is 3.07. The van der Waals surface area contributed by atoms with Crippen LogP contribution < -0.4 is 10.1 Å². The molecule has 2 heterocycles. The minimum absolute atomic E-state index is 0.0228. The molecule has 7 nitrogen and oxygen atoms in total. The van der Waals surface area contributed by atoms with Crippen molar-refractivity contribution in [2.45, 2.75) is 12.3 Å². The lowest BCUT2D eigenvalue weighted by molar-refractivity contribution is -0.116. The summed E-state index contributed by atoms with van der Waals surface area (Å²) in [6.45, 7) is 0. The SMILES string of the molecule is COc1ccc(C2CC(=O)Nc3c(C(=O)O)cn(-c4ccccc4)c32)cc1O. The highest BCUT2D eigenvalue weighted by Gasteiger charge is 2.34. The van der Waals surface area contributed by atoms with Crippen molar-refractivity contribution in [2.24, 2.45) is 0 Å². The van der Waals surface area contributed by atoms with Crippen LogP contribution in [0, 0.1) is 0 Å². The Morgan fingerprint density at radius 1 is 1.21 bits per heavy atom. The van der Waals surface area contributed by atoms with E-state index in [-0.39, 0.29) is 29.3 Å². The normalized spacial score (nSPS) is 15.6. The number of anilines is 1. The molecule has 7 heteroatoms. The number of methoxy groups -OCH3 is 1. The largest absolute Gasteiger partial charge is 0.504 e. The maximum Gasteiger partial charge on any atom is 0.339 e. The molecule has 1 aliphatic heterocycles. The fraction of sp³-hybridized carbons (Fsp3) is 0.143. The predicted molar refractivity (Wildman–Crippen MR) is 102 cm³/mol. The average molecular weight is 378 g/mol. The van der Waals surface area contributed by atoms with Gasteiger partial charge in [0.1, 0.15) is 5.56 Å². The summed E-state index contributed by atoms with van der Waals surface area (Å²) in [6.07, 6.45) is 1.65. The number of nitrogens with zero attached hydrogens (tertiary/aromatic N) is 1. The molecule has 0 aliphatic carbocycles. The second kappa shape index (κ2) is 6.77. The monoisotopic (exact) mass is 378 g/mol. The van der Waals surface area contributed by atoms with Gasteiger partial charge in [-0.15, -0.1) is 0 Å². The molecule has 0 fully saturated rings. The maximum absolute atomic E-state index is 12.3. The number of aromatic hydroxyl groups is 1. The molecule has 0 saturated heterocycles. The first-order chi connectivity index (χ1) is 13.5. The zero-order chi connectivity index (χ0) is 19.8. The summed E-state index contributed by atoms with van der Waals surface area (Å²) in [7, 11) is 1.46. The number of aromatic nitrogens is 1. The van der Waals surface area contributed by atoms with E-state index in [9.17, 15) is 19.8 Å². The Kier molecular flexibility index (Phi) is 4.27. The Hall–Kier alpha value is -3.74. The van der Waals surface area contributed by atoms with Crippen LogP contribution >= 0.6 is 0 Å². The summed E-state index contributed by atoms with van der Waals surface area (Å²) in [6, 6.07) is 14.3. The first kappa shape index (κ1) is 17.7. The molecule has 2 aromatic carbocycles. The summed E-state index contributed by atoms with van der Waals surface area (Å²) in [5.41, 5.74) is 2.45. The van der Waals surface area contributed by atoms with Crippen molar-refractivity contribution in [1.82, 2.24) is 4.57 Å². The molecule has 1 amide bonds. The van der Waals surface area contributed by atoms with Crippen LogP contribution in [0.3, 0.4) is 0 Å². The minimum Gasteiger partial charge on any atom is -0.504 e. The Bertz CT molecular complexity index is 1070. The van der Waals surface area contributed by atoms with Gasteiger partial charge in [0.25, 0.3) is 0 Å². The fourth-order valence-corrected chi connectivity index (χ4v) is 3.63.